The van der Waals surface area contributed by atoms with E-state index in [0.717, 1.165) is 23.7 Å². The first kappa shape index (κ1) is 9.42. The Kier molecular flexibility index (Phi) is 1.51. The fourth-order valence-electron chi connectivity index (χ4n) is 6.04. The van der Waals surface area contributed by atoms with Crippen molar-refractivity contribution < 1.29 is 0 Å². The molecule has 0 amide bonds. The zero-order chi connectivity index (χ0) is 11.1. The summed E-state index contributed by atoms with van der Waals surface area (Å²) >= 11 is 0. The second-order valence-corrected chi connectivity index (χ2v) is 7.70. The Bertz CT molecular complexity index is 425. The summed E-state index contributed by atoms with van der Waals surface area (Å²) in [5, 5.41) is 0. The monoisotopic (exact) mass is 226 g/mol. The van der Waals surface area contributed by atoms with Crippen molar-refractivity contribution in [1.82, 2.24) is 0 Å². The number of hydrogen-bond donors (Lipinski definition) is 0. The smallest absolute Gasteiger partial charge is 0.00216 e. The van der Waals surface area contributed by atoms with Gasteiger partial charge in [0, 0.05) is 0 Å². The van der Waals surface area contributed by atoms with Crippen molar-refractivity contribution in [2.75, 3.05) is 0 Å². The Balaban J connectivity index is 1.49. The maximum atomic E-state index is 2.63. The molecule has 0 saturated heterocycles. The lowest BCUT2D eigenvalue weighted by atomic mass is 9.43. The molecule has 0 aromatic carbocycles. The predicted octanol–water partition coefficient (Wildman–Crippen LogP) is 4.34. The van der Waals surface area contributed by atoms with Crippen molar-refractivity contribution in [3.63, 3.8) is 0 Å². The molecule has 0 nitrogen and oxygen atoms in total. The molecule has 5 aliphatic carbocycles. The van der Waals surface area contributed by atoms with Crippen LogP contribution in [0.15, 0.2) is 24.3 Å². The number of hydrogen-bond acceptors (Lipinski definition) is 0. The average Bonchev–Trinajstić information content (AvgIpc) is 3.01. The summed E-state index contributed by atoms with van der Waals surface area (Å²) in [5.74, 6) is 4.13. The van der Waals surface area contributed by atoms with Gasteiger partial charge >= 0.3 is 0 Å². The zero-order valence-corrected chi connectivity index (χ0v) is 10.6. The summed E-state index contributed by atoms with van der Waals surface area (Å²) in [6.45, 7) is 0. The quantitative estimate of drug-likeness (QED) is 0.615. The molecule has 0 heterocycles. The average molecular weight is 226 g/mol. The Morgan fingerprint density at radius 2 is 1.76 bits per heavy atom. The van der Waals surface area contributed by atoms with Crippen LogP contribution < -0.4 is 0 Å². The summed E-state index contributed by atoms with van der Waals surface area (Å²) in [5.41, 5.74) is 1.38. The van der Waals surface area contributed by atoms with Crippen molar-refractivity contribution in [2.24, 2.45) is 34.5 Å². The fraction of sp³-hybridized carbons (Fsp3) is 0.765. The van der Waals surface area contributed by atoms with E-state index in [9.17, 15) is 0 Å². The van der Waals surface area contributed by atoms with E-state index < -0.39 is 0 Å². The number of fused-ring (bicyclic) bond motifs is 3. The normalized spacial score (nSPS) is 57.8. The molecule has 4 bridgehead atoms. The van der Waals surface area contributed by atoms with Gasteiger partial charge in [0.2, 0.25) is 0 Å². The summed E-state index contributed by atoms with van der Waals surface area (Å²) in [7, 11) is 0. The van der Waals surface area contributed by atoms with Gasteiger partial charge in [-0.1, -0.05) is 24.3 Å². The van der Waals surface area contributed by atoms with Crippen LogP contribution in [-0.4, -0.2) is 0 Å². The third-order valence-electron chi connectivity index (χ3n) is 6.95. The van der Waals surface area contributed by atoms with Gasteiger partial charge in [-0.2, -0.15) is 0 Å². The summed E-state index contributed by atoms with van der Waals surface area (Å²) in [4.78, 5) is 0. The zero-order valence-electron chi connectivity index (χ0n) is 10.6. The van der Waals surface area contributed by atoms with Crippen LogP contribution in [0.5, 0.6) is 0 Å². The summed E-state index contributed by atoms with van der Waals surface area (Å²) in [6.07, 6.45) is 20.8. The van der Waals surface area contributed by atoms with Crippen molar-refractivity contribution in [3.05, 3.63) is 24.3 Å². The van der Waals surface area contributed by atoms with Crippen LogP contribution in [-0.2, 0) is 0 Å². The Morgan fingerprint density at radius 3 is 2.53 bits per heavy atom. The van der Waals surface area contributed by atoms with E-state index in [1.807, 2.05) is 0 Å². The van der Waals surface area contributed by atoms with Gasteiger partial charge < -0.3 is 0 Å². The van der Waals surface area contributed by atoms with Gasteiger partial charge in [-0.25, -0.2) is 0 Å². The van der Waals surface area contributed by atoms with Gasteiger partial charge in [-0.05, 0) is 79.4 Å². The first-order valence-corrected chi connectivity index (χ1v) is 7.67. The van der Waals surface area contributed by atoms with Crippen LogP contribution in [0.1, 0.15) is 44.9 Å². The molecule has 5 aliphatic rings. The Morgan fingerprint density at radius 1 is 0.941 bits per heavy atom. The van der Waals surface area contributed by atoms with Crippen LogP contribution in [0.4, 0.5) is 0 Å². The van der Waals surface area contributed by atoms with Gasteiger partial charge in [0.15, 0.2) is 0 Å². The van der Waals surface area contributed by atoms with Crippen molar-refractivity contribution >= 4 is 0 Å². The van der Waals surface area contributed by atoms with Crippen LogP contribution in [0.25, 0.3) is 0 Å². The van der Waals surface area contributed by atoms with Gasteiger partial charge in [-0.15, -0.1) is 0 Å². The van der Waals surface area contributed by atoms with Crippen LogP contribution in [0.2, 0.25) is 0 Å². The highest BCUT2D eigenvalue weighted by Gasteiger charge is 2.64. The molecule has 5 rings (SSSR count). The maximum Gasteiger partial charge on any atom is -0.00216 e. The van der Waals surface area contributed by atoms with Gasteiger partial charge in [0.05, 0.1) is 0 Å². The maximum absolute atomic E-state index is 2.63. The molecule has 0 heteroatoms. The standard InChI is InChI=1S/C17H22/c1-2-12(1)7-13-8-15-11-17(9-13)6-5-16(17)4-3-14(15)10-16/h1-2,5-6,12-15H,3-4,7-11H2. The molecule has 0 aromatic rings. The lowest BCUT2D eigenvalue weighted by molar-refractivity contribution is -0.0447. The van der Waals surface area contributed by atoms with Gasteiger partial charge in [0.1, 0.15) is 0 Å². The van der Waals surface area contributed by atoms with Crippen LogP contribution in [0, 0.1) is 34.5 Å². The number of rotatable bonds is 2. The molecular weight excluding hydrogens is 204 g/mol. The van der Waals surface area contributed by atoms with E-state index >= 15 is 0 Å². The molecule has 17 heavy (non-hydrogen) atoms. The topological polar surface area (TPSA) is 0 Å². The van der Waals surface area contributed by atoms with E-state index in [1.54, 1.807) is 25.7 Å². The van der Waals surface area contributed by atoms with Crippen molar-refractivity contribution in [2.45, 2.75) is 44.9 Å². The Labute approximate surface area is 104 Å². The molecule has 5 atom stereocenters. The fourth-order valence-corrected chi connectivity index (χ4v) is 6.04. The first-order chi connectivity index (χ1) is 8.29. The minimum atomic E-state index is 0.683. The first-order valence-electron chi connectivity index (χ1n) is 7.67. The minimum Gasteiger partial charge on any atom is -0.0810 e. The Hall–Kier alpha value is -0.520. The molecule has 90 valence electrons. The van der Waals surface area contributed by atoms with E-state index in [1.165, 1.54) is 19.3 Å². The van der Waals surface area contributed by atoms with E-state index in [2.05, 4.69) is 24.3 Å². The van der Waals surface area contributed by atoms with E-state index in [0.29, 0.717) is 10.8 Å². The van der Waals surface area contributed by atoms with Crippen molar-refractivity contribution in [3.8, 4) is 0 Å². The SMILES string of the molecule is C1=CC1CC1CC2CC3(C=CC34CCC2C4)C1. The summed E-state index contributed by atoms with van der Waals surface area (Å²) < 4.78 is 0. The van der Waals surface area contributed by atoms with Crippen LogP contribution >= 0.6 is 0 Å². The van der Waals surface area contributed by atoms with E-state index in [4.69, 9.17) is 0 Å². The second-order valence-electron chi connectivity index (χ2n) is 7.70. The third kappa shape index (κ3) is 1.06. The lowest BCUT2D eigenvalue weighted by Crippen LogP contribution is -2.52. The molecule has 2 spiro atoms. The minimum absolute atomic E-state index is 0.683. The lowest BCUT2D eigenvalue weighted by Gasteiger charge is -2.61. The highest BCUT2D eigenvalue weighted by molar-refractivity contribution is 5.33. The van der Waals surface area contributed by atoms with Gasteiger partial charge in [-0.3, -0.25) is 0 Å². The highest BCUT2D eigenvalue weighted by atomic mass is 14.7. The molecule has 0 aromatic heterocycles. The highest BCUT2D eigenvalue weighted by Crippen LogP contribution is 2.73. The molecule has 3 fully saturated rings. The molecular formula is C17H22. The summed E-state index contributed by atoms with van der Waals surface area (Å²) in [6, 6.07) is 0. The second kappa shape index (κ2) is 2.73. The van der Waals surface area contributed by atoms with Crippen molar-refractivity contribution in [1.29, 1.82) is 0 Å². The molecule has 3 saturated carbocycles. The number of allylic oxidation sites excluding steroid dienone is 4. The van der Waals surface area contributed by atoms with Gasteiger partial charge in [0.25, 0.3) is 0 Å². The third-order valence-corrected chi connectivity index (χ3v) is 6.95. The largest absolute Gasteiger partial charge is 0.0810 e. The molecule has 0 N–H and O–H groups in total. The molecule has 0 radical (unpaired) electrons. The molecule has 0 aliphatic heterocycles. The van der Waals surface area contributed by atoms with E-state index in [-0.39, 0.29) is 0 Å². The molecule has 5 unspecified atom stereocenters. The van der Waals surface area contributed by atoms with Crippen LogP contribution in [0.3, 0.4) is 0 Å². The predicted molar refractivity (Wildman–Crippen MR) is 69.4 cm³/mol.